The summed E-state index contributed by atoms with van der Waals surface area (Å²) in [6, 6.07) is 11.5. The molecule has 1 N–H and O–H groups in total. The Bertz CT molecular complexity index is 512. The molecule has 3 heteroatoms. The minimum Gasteiger partial charge on any atom is -0.338 e. The highest BCUT2D eigenvalue weighted by molar-refractivity contribution is 5.22. The van der Waals surface area contributed by atoms with Gasteiger partial charge in [0.1, 0.15) is 5.82 Å². The lowest BCUT2D eigenvalue weighted by atomic mass is 9.76. The van der Waals surface area contributed by atoms with E-state index in [4.69, 9.17) is 0 Å². The van der Waals surface area contributed by atoms with E-state index in [1.54, 1.807) is 0 Å². The molecule has 0 saturated heterocycles. The van der Waals surface area contributed by atoms with E-state index in [0.29, 0.717) is 6.04 Å². The third kappa shape index (κ3) is 2.87. The number of imidazole rings is 1. The first-order chi connectivity index (χ1) is 9.33. The maximum atomic E-state index is 4.34. The molecule has 1 fully saturated rings. The summed E-state index contributed by atoms with van der Waals surface area (Å²) < 4.78 is 2.09. The number of nitrogens with one attached hydrogen (secondary N) is 1. The normalized spacial score (nSPS) is 22.2. The monoisotopic (exact) mass is 255 g/mol. The Balaban J connectivity index is 1.39. The zero-order chi connectivity index (χ0) is 13.1. The van der Waals surface area contributed by atoms with E-state index >= 15 is 0 Å². The summed E-state index contributed by atoms with van der Waals surface area (Å²) in [6.07, 6.45) is 7.42. The van der Waals surface area contributed by atoms with Crippen molar-refractivity contribution in [3.05, 3.63) is 54.1 Å². The number of rotatable bonds is 5. The first kappa shape index (κ1) is 12.4. The van der Waals surface area contributed by atoms with E-state index in [-0.39, 0.29) is 0 Å². The van der Waals surface area contributed by atoms with Crippen molar-refractivity contribution >= 4 is 0 Å². The minimum absolute atomic E-state index is 0.686. The second kappa shape index (κ2) is 5.57. The van der Waals surface area contributed by atoms with E-state index in [2.05, 4.69) is 52.2 Å². The molecule has 1 aromatic carbocycles. The molecule has 3 rings (SSSR count). The fourth-order valence-corrected chi connectivity index (χ4v) is 2.81. The van der Waals surface area contributed by atoms with Crippen LogP contribution in [-0.4, -0.2) is 22.1 Å². The molecule has 0 amide bonds. The first-order valence-corrected chi connectivity index (χ1v) is 7.07. The van der Waals surface area contributed by atoms with Gasteiger partial charge in [0.25, 0.3) is 0 Å². The molecule has 1 aliphatic carbocycles. The molecule has 3 nitrogen and oxygen atoms in total. The minimum atomic E-state index is 0.686. The van der Waals surface area contributed by atoms with Crippen LogP contribution in [0.3, 0.4) is 0 Å². The van der Waals surface area contributed by atoms with Gasteiger partial charge in [-0.15, -0.1) is 0 Å². The summed E-state index contributed by atoms with van der Waals surface area (Å²) in [5.74, 6) is 1.92. The molecule has 0 radical (unpaired) electrons. The Morgan fingerprint density at radius 2 is 2.05 bits per heavy atom. The average molecular weight is 255 g/mol. The first-order valence-electron chi connectivity index (χ1n) is 7.07. The van der Waals surface area contributed by atoms with Crippen LogP contribution in [0.4, 0.5) is 0 Å². The lowest BCUT2D eigenvalue weighted by Crippen LogP contribution is -2.41. The Morgan fingerprint density at radius 1 is 1.26 bits per heavy atom. The molecule has 1 aromatic heterocycles. The molecule has 2 aromatic rings. The fourth-order valence-electron chi connectivity index (χ4n) is 2.81. The highest BCUT2D eigenvalue weighted by Gasteiger charge is 2.29. The Labute approximate surface area is 114 Å². The number of nitrogens with zero attached hydrogens (tertiary/aromatic N) is 2. The van der Waals surface area contributed by atoms with Gasteiger partial charge in [0, 0.05) is 38.4 Å². The third-order valence-corrected chi connectivity index (χ3v) is 4.11. The average Bonchev–Trinajstić information content (AvgIpc) is 2.79. The van der Waals surface area contributed by atoms with E-state index < -0.39 is 0 Å². The van der Waals surface area contributed by atoms with Crippen molar-refractivity contribution in [2.75, 3.05) is 6.54 Å². The summed E-state index contributed by atoms with van der Waals surface area (Å²) in [5.41, 5.74) is 1.49. The van der Waals surface area contributed by atoms with E-state index in [1.807, 2.05) is 12.4 Å². The van der Waals surface area contributed by atoms with Gasteiger partial charge < -0.3 is 9.88 Å². The molecule has 0 aliphatic heterocycles. The molecule has 1 aliphatic rings. The fraction of sp³-hybridized carbons (Fsp3) is 0.438. The quantitative estimate of drug-likeness (QED) is 0.889. The van der Waals surface area contributed by atoms with Gasteiger partial charge in [0.2, 0.25) is 0 Å². The largest absolute Gasteiger partial charge is 0.338 e. The second-order valence-corrected chi connectivity index (χ2v) is 5.43. The maximum absolute atomic E-state index is 4.34. The molecular weight excluding hydrogens is 234 g/mol. The predicted molar refractivity (Wildman–Crippen MR) is 77.1 cm³/mol. The maximum Gasteiger partial charge on any atom is 0.109 e. The second-order valence-electron chi connectivity index (χ2n) is 5.43. The molecule has 19 heavy (non-hydrogen) atoms. The van der Waals surface area contributed by atoms with E-state index in [0.717, 1.165) is 24.7 Å². The Morgan fingerprint density at radius 3 is 2.74 bits per heavy atom. The summed E-state index contributed by atoms with van der Waals surface area (Å²) in [4.78, 5) is 4.34. The molecule has 0 atom stereocenters. The number of hydrogen-bond acceptors (Lipinski definition) is 2. The van der Waals surface area contributed by atoms with Gasteiger partial charge in [-0.3, -0.25) is 0 Å². The number of aromatic nitrogens is 2. The molecule has 1 saturated carbocycles. The molecule has 0 spiro atoms. The van der Waals surface area contributed by atoms with Crippen LogP contribution in [0.2, 0.25) is 0 Å². The van der Waals surface area contributed by atoms with Gasteiger partial charge in [-0.2, -0.15) is 0 Å². The zero-order valence-corrected chi connectivity index (χ0v) is 11.4. The zero-order valence-electron chi connectivity index (χ0n) is 11.4. The van der Waals surface area contributed by atoms with Crippen LogP contribution >= 0.6 is 0 Å². The predicted octanol–water partition coefficient (Wildman–Crippen LogP) is 2.50. The van der Waals surface area contributed by atoms with Crippen molar-refractivity contribution in [1.82, 2.24) is 14.9 Å². The molecule has 100 valence electrons. The number of benzene rings is 1. The summed E-state index contributed by atoms with van der Waals surface area (Å²) in [7, 11) is 2.05. The van der Waals surface area contributed by atoms with E-state index in [1.165, 1.54) is 18.4 Å². The van der Waals surface area contributed by atoms with Gasteiger partial charge in [0.15, 0.2) is 0 Å². The Kier molecular flexibility index (Phi) is 3.65. The smallest absolute Gasteiger partial charge is 0.109 e. The molecule has 1 heterocycles. The van der Waals surface area contributed by atoms with Gasteiger partial charge in [-0.05, 0) is 24.3 Å². The van der Waals surface area contributed by atoms with Gasteiger partial charge in [-0.1, -0.05) is 30.3 Å². The van der Waals surface area contributed by atoms with Crippen LogP contribution in [-0.2, 0) is 13.5 Å². The summed E-state index contributed by atoms with van der Waals surface area (Å²) in [6.45, 7) is 1.02. The van der Waals surface area contributed by atoms with Gasteiger partial charge in [-0.25, -0.2) is 4.98 Å². The summed E-state index contributed by atoms with van der Waals surface area (Å²) in [5, 5.41) is 3.63. The van der Waals surface area contributed by atoms with Crippen molar-refractivity contribution in [3.8, 4) is 0 Å². The van der Waals surface area contributed by atoms with Crippen molar-refractivity contribution < 1.29 is 0 Å². The highest BCUT2D eigenvalue weighted by Crippen LogP contribution is 2.36. The van der Waals surface area contributed by atoms with Crippen LogP contribution in [0.5, 0.6) is 0 Å². The van der Waals surface area contributed by atoms with Gasteiger partial charge >= 0.3 is 0 Å². The van der Waals surface area contributed by atoms with Crippen molar-refractivity contribution in [3.63, 3.8) is 0 Å². The molecule has 0 unspecified atom stereocenters. The standard InChI is InChI=1S/C16H21N3/c1-19-10-9-18-16(19)7-8-17-15-11-14(12-15)13-5-3-2-4-6-13/h2-6,9-10,14-15,17H,7-8,11-12H2,1H3. The van der Waals surface area contributed by atoms with Crippen LogP contribution in [0, 0.1) is 0 Å². The number of hydrogen-bond donors (Lipinski definition) is 1. The van der Waals surface area contributed by atoms with Crippen LogP contribution in [0.25, 0.3) is 0 Å². The SMILES string of the molecule is Cn1ccnc1CCNC1CC(c2ccccc2)C1. The Hall–Kier alpha value is -1.61. The molecular formula is C16H21N3. The lowest BCUT2D eigenvalue weighted by molar-refractivity contribution is 0.292. The lowest BCUT2D eigenvalue weighted by Gasteiger charge is -2.36. The van der Waals surface area contributed by atoms with Crippen LogP contribution < -0.4 is 5.32 Å². The summed E-state index contributed by atoms with van der Waals surface area (Å²) >= 11 is 0. The number of aryl methyl sites for hydroxylation is 1. The van der Waals surface area contributed by atoms with Crippen molar-refractivity contribution in [1.29, 1.82) is 0 Å². The highest BCUT2D eigenvalue weighted by atomic mass is 15.0. The third-order valence-electron chi connectivity index (χ3n) is 4.11. The van der Waals surface area contributed by atoms with Crippen molar-refractivity contribution in [2.45, 2.75) is 31.2 Å². The molecule has 0 bridgehead atoms. The van der Waals surface area contributed by atoms with Gasteiger partial charge in [0.05, 0.1) is 0 Å². The van der Waals surface area contributed by atoms with E-state index in [9.17, 15) is 0 Å². The van der Waals surface area contributed by atoms with Crippen molar-refractivity contribution in [2.24, 2.45) is 7.05 Å². The van der Waals surface area contributed by atoms with Crippen LogP contribution in [0.1, 0.15) is 30.1 Å². The van der Waals surface area contributed by atoms with Crippen LogP contribution in [0.15, 0.2) is 42.7 Å². The topological polar surface area (TPSA) is 29.9 Å².